The summed E-state index contributed by atoms with van der Waals surface area (Å²) in [7, 11) is 0. The first kappa shape index (κ1) is 23.6. The first-order chi connectivity index (χ1) is 17.9. The van der Waals surface area contributed by atoms with E-state index in [9.17, 15) is 14.3 Å². The molecule has 0 spiro atoms. The third-order valence-electron chi connectivity index (χ3n) is 7.69. The molecule has 0 bridgehead atoms. The number of amides is 1. The van der Waals surface area contributed by atoms with Gasteiger partial charge in [0.25, 0.3) is 0 Å². The molecule has 1 saturated heterocycles. The summed E-state index contributed by atoms with van der Waals surface area (Å²) in [6.07, 6.45) is 5.53. The van der Waals surface area contributed by atoms with Gasteiger partial charge in [-0.05, 0) is 79.8 Å². The lowest BCUT2D eigenvalue weighted by Gasteiger charge is -2.38. The Bertz CT molecular complexity index is 1430. The van der Waals surface area contributed by atoms with Gasteiger partial charge in [-0.1, -0.05) is 6.92 Å². The lowest BCUT2D eigenvalue weighted by atomic mass is 9.91. The van der Waals surface area contributed by atoms with E-state index in [2.05, 4.69) is 17.2 Å². The van der Waals surface area contributed by atoms with E-state index in [1.807, 2.05) is 39.9 Å². The Kier molecular flexibility index (Phi) is 5.91. The van der Waals surface area contributed by atoms with Crippen molar-refractivity contribution in [2.45, 2.75) is 38.3 Å². The van der Waals surface area contributed by atoms with Crippen LogP contribution in [0.4, 0.5) is 15.8 Å². The largest absolute Gasteiger partial charge is 0.388 e. The predicted molar refractivity (Wildman–Crippen MR) is 141 cm³/mol. The van der Waals surface area contributed by atoms with Crippen LogP contribution in [-0.4, -0.2) is 49.4 Å². The SMILES string of the molecule is CC1CC1C(=O)N1CCC(O)(Cn2nc(-c3cccnc3)c3cc(Nc4ccc(F)cc4)ccc32)CC1. The number of rotatable bonds is 6. The molecule has 1 aliphatic carbocycles. The minimum absolute atomic E-state index is 0.168. The second-order valence-electron chi connectivity index (χ2n) is 10.5. The molecular formula is C29H30FN5O2. The molecule has 2 aromatic carbocycles. The Balaban J connectivity index is 1.28. The molecule has 2 aromatic heterocycles. The van der Waals surface area contributed by atoms with E-state index in [0.29, 0.717) is 38.4 Å². The number of aliphatic hydroxyl groups is 1. The van der Waals surface area contributed by atoms with Crippen LogP contribution in [0.25, 0.3) is 22.2 Å². The summed E-state index contributed by atoms with van der Waals surface area (Å²) in [6.45, 7) is 3.60. The number of carbonyl (C=O) groups is 1. The molecule has 2 N–H and O–H groups in total. The van der Waals surface area contributed by atoms with Crippen LogP contribution in [0.15, 0.2) is 67.0 Å². The van der Waals surface area contributed by atoms with Gasteiger partial charge < -0.3 is 15.3 Å². The lowest BCUT2D eigenvalue weighted by molar-refractivity contribution is -0.137. The third kappa shape index (κ3) is 4.81. The number of fused-ring (bicyclic) bond motifs is 1. The Morgan fingerprint density at radius 2 is 1.86 bits per heavy atom. The van der Waals surface area contributed by atoms with Crippen molar-refractivity contribution < 1.29 is 14.3 Å². The van der Waals surface area contributed by atoms with E-state index in [4.69, 9.17) is 5.10 Å². The van der Waals surface area contributed by atoms with Gasteiger partial charge in [-0.25, -0.2) is 4.39 Å². The molecule has 2 unspecified atom stereocenters. The standard InChI is InChI=1S/C29H30FN5O2/c1-19-15-24(19)28(36)34-13-10-29(37,11-14-34)18-35-26-9-8-23(32-22-6-4-21(30)5-7-22)16-25(26)27(33-35)20-3-2-12-31-17-20/h2-9,12,16-17,19,24,32,37H,10-11,13-15,18H2,1H3. The van der Waals surface area contributed by atoms with Crippen LogP contribution in [0.1, 0.15) is 26.2 Å². The highest BCUT2D eigenvalue weighted by atomic mass is 19.1. The summed E-state index contributed by atoms with van der Waals surface area (Å²) in [5.74, 6) is 0.605. The van der Waals surface area contributed by atoms with Crippen molar-refractivity contribution >= 4 is 28.2 Å². The normalized spacial score (nSPS) is 20.7. The maximum atomic E-state index is 13.3. The number of anilines is 2. The van der Waals surface area contributed by atoms with Crippen LogP contribution >= 0.6 is 0 Å². The third-order valence-corrected chi connectivity index (χ3v) is 7.69. The molecule has 7 nitrogen and oxygen atoms in total. The van der Waals surface area contributed by atoms with Crippen LogP contribution in [0.5, 0.6) is 0 Å². The fraction of sp³-hybridized carbons (Fsp3) is 0.345. The van der Waals surface area contributed by atoms with Gasteiger partial charge in [0.15, 0.2) is 0 Å². The van der Waals surface area contributed by atoms with Crippen LogP contribution in [0, 0.1) is 17.7 Å². The number of nitrogens with zero attached hydrogens (tertiary/aromatic N) is 4. The highest BCUT2D eigenvalue weighted by molar-refractivity contribution is 5.95. The number of pyridine rings is 1. The molecular weight excluding hydrogens is 469 g/mol. The molecule has 2 atom stereocenters. The highest BCUT2D eigenvalue weighted by Gasteiger charge is 2.44. The van der Waals surface area contributed by atoms with Crippen molar-refractivity contribution in [3.63, 3.8) is 0 Å². The minimum Gasteiger partial charge on any atom is -0.388 e. The molecule has 4 aromatic rings. The lowest BCUT2D eigenvalue weighted by Crippen LogP contribution is -2.49. The van der Waals surface area contributed by atoms with Crippen LogP contribution in [0.3, 0.4) is 0 Å². The number of carbonyl (C=O) groups excluding carboxylic acids is 1. The summed E-state index contributed by atoms with van der Waals surface area (Å²) in [6, 6.07) is 16.0. The Morgan fingerprint density at radius 3 is 2.54 bits per heavy atom. The Hall–Kier alpha value is -3.78. The van der Waals surface area contributed by atoms with E-state index in [1.54, 1.807) is 24.5 Å². The number of nitrogens with one attached hydrogen (secondary N) is 1. The molecule has 190 valence electrons. The summed E-state index contributed by atoms with van der Waals surface area (Å²) >= 11 is 0. The maximum Gasteiger partial charge on any atom is 0.225 e. The molecule has 3 heterocycles. The second kappa shape index (κ2) is 9.27. The van der Waals surface area contributed by atoms with Crippen molar-refractivity contribution in [3.8, 4) is 11.3 Å². The predicted octanol–water partition coefficient (Wildman–Crippen LogP) is 4.99. The fourth-order valence-corrected chi connectivity index (χ4v) is 5.27. The van der Waals surface area contributed by atoms with Crippen molar-refractivity contribution in [1.82, 2.24) is 19.7 Å². The van der Waals surface area contributed by atoms with Crippen molar-refractivity contribution in [2.75, 3.05) is 18.4 Å². The first-order valence-corrected chi connectivity index (χ1v) is 12.8. The first-order valence-electron chi connectivity index (χ1n) is 12.8. The van der Waals surface area contributed by atoms with E-state index < -0.39 is 5.60 Å². The summed E-state index contributed by atoms with van der Waals surface area (Å²) in [5.41, 5.74) is 3.27. The van der Waals surface area contributed by atoms with E-state index in [0.717, 1.165) is 40.0 Å². The maximum absolute atomic E-state index is 13.3. The van der Waals surface area contributed by atoms with Crippen molar-refractivity contribution in [1.29, 1.82) is 0 Å². The molecule has 1 saturated carbocycles. The second-order valence-corrected chi connectivity index (χ2v) is 10.5. The number of halogens is 1. The molecule has 2 fully saturated rings. The van der Waals surface area contributed by atoms with Crippen LogP contribution < -0.4 is 5.32 Å². The smallest absolute Gasteiger partial charge is 0.225 e. The van der Waals surface area contributed by atoms with Gasteiger partial charge in [-0.2, -0.15) is 5.10 Å². The molecule has 8 heteroatoms. The minimum atomic E-state index is -0.942. The quantitative estimate of drug-likeness (QED) is 0.391. The zero-order valence-corrected chi connectivity index (χ0v) is 20.8. The monoisotopic (exact) mass is 499 g/mol. The van der Waals surface area contributed by atoms with E-state index in [-0.39, 0.29) is 17.6 Å². The Morgan fingerprint density at radius 1 is 1.14 bits per heavy atom. The van der Waals surface area contributed by atoms with Crippen molar-refractivity contribution in [3.05, 3.63) is 72.8 Å². The van der Waals surface area contributed by atoms with Gasteiger partial charge in [-0.3, -0.25) is 14.5 Å². The Labute approximate surface area is 214 Å². The van der Waals surface area contributed by atoms with E-state index >= 15 is 0 Å². The molecule has 0 radical (unpaired) electrons. The summed E-state index contributed by atoms with van der Waals surface area (Å²) < 4.78 is 15.2. The number of piperidine rings is 1. The molecule has 1 aliphatic heterocycles. The van der Waals surface area contributed by atoms with Gasteiger partial charge in [-0.15, -0.1) is 0 Å². The molecule has 1 amide bonds. The number of hydrogen-bond donors (Lipinski definition) is 2. The van der Waals surface area contributed by atoms with Gasteiger partial charge >= 0.3 is 0 Å². The highest BCUT2D eigenvalue weighted by Crippen LogP contribution is 2.40. The zero-order valence-electron chi connectivity index (χ0n) is 20.8. The van der Waals surface area contributed by atoms with Crippen LogP contribution in [-0.2, 0) is 11.3 Å². The molecule has 6 rings (SSSR count). The van der Waals surface area contributed by atoms with Gasteiger partial charge in [0.2, 0.25) is 5.91 Å². The average molecular weight is 500 g/mol. The molecule has 2 aliphatic rings. The number of likely N-dealkylation sites (tertiary alicyclic amines) is 1. The number of hydrogen-bond acceptors (Lipinski definition) is 5. The van der Waals surface area contributed by atoms with Gasteiger partial charge in [0.05, 0.1) is 17.7 Å². The number of benzene rings is 2. The summed E-state index contributed by atoms with van der Waals surface area (Å²) in [4.78, 5) is 18.8. The van der Waals surface area contributed by atoms with Crippen LogP contribution in [0.2, 0.25) is 0 Å². The fourth-order valence-electron chi connectivity index (χ4n) is 5.27. The van der Waals surface area contributed by atoms with E-state index in [1.165, 1.54) is 12.1 Å². The molecule has 37 heavy (non-hydrogen) atoms. The summed E-state index contributed by atoms with van der Waals surface area (Å²) in [5, 5.41) is 20.7. The topological polar surface area (TPSA) is 83.3 Å². The van der Waals surface area contributed by atoms with Crippen molar-refractivity contribution in [2.24, 2.45) is 11.8 Å². The number of aromatic nitrogens is 3. The van der Waals surface area contributed by atoms with Gasteiger partial charge in [0, 0.05) is 53.7 Å². The van der Waals surface area contributed by atoms with Gasteiger partial charge in [0.1, 0.15) is 11.5 Å². The zero-order chi connectivity index (χ0) is 25.6. The average Bonchev–Trinajstić information content (AvgIpc) is 3.54.